The van der Waals surface area contributed by atoms with Crippen LogP contribution in [0.4, 0.5) is 26.3 Å². The molecule has 12 heteroatoms. The number of ether oxygens (including phenoxy) is 3. The van der Waals surface area contributed by atoms with E-state index in [0.29, 0.717) is 22.9 Å². The molecular formula is C24H20F6N2O4. The van der Waals surface area contributed by atoms with Crippen LogP contribution in [0.15, 0.2) is 48.5 Å². The van der Waals surface area contributed by atoms with Gasteiger partial charge in [-0.25, -0.2) is 17.6 Å². The molecule has 0 aliphatic rings. The molecule has 1 heterocycles. The first-order valence-corrected chi connectivity index (χ1v) is 10.3. The Hall–Kier alpha value is -3.96. The third-order valence-corrected chi connectivity index (χ3v) is 4.99. The lowest BCUT2D eigenvalue weighted by Crippen LogP contribution is -2.08. The number of alkyl halides is 6. The number of rotatable bonds is 11. The minimum absolute atomic E-state index is 0.0569. The SMILES string of the molecule is COc1ccc(/C=C/C(=O)c2ccc(OC(F)F)c(OC)c2)cc1Cn1nc(C(F)F)cc1C(F)F. The molecule has 0 bridgehead atoms. The molecular weight excluding hydrogens is 494 g/mol. The van der Waals surface area contributed by atoms with Crippen molar-refractivity contribution in [3.05, 3.63) is 76.6 Å². The molecule has 0 aliphatic carbocycles. The van der Waals surface area contributed by atoms with Gasteiger partial charge in [-0.1, -0.05) is 12.1 Å². The summed E-state index contributed by atoms with van der Waals surface area (Å²) in [6, 6.07) is 9.00. The molecule has 0 saturated heterocycles. The van der Waals surface area contributed by atoms with E-state index >= 15 is 0 Å². The molecule has 0 spiro atoms. The van der Waals surface area contributed by atoms with Gasteiger partial charge in [-0.2, -0.15) is 13.9 Å². The number of aromatic nitrogens is 2. The number of carbonyl (C=O) groups is 1. The Morgan fingerprint density at radius 2 is 1.61 bits per heavy atom. The van der Waals surface area contributed by atoms with Crippen molar-refractivity contribution in [3.63, 3.8) is 0 Å². The fourth-order valence-electron chi connectivity index (χ4n) is 3.33. The lowest BCUT2D eigenvalue weighted by Gasteiger charge is -2.12. The number of benzene rings is 2. The van der Waals surface area contributed by atoms with E-state index in [9.17, 15) is 31.1 Å². The van der Waals surface area contributed by atoms with Gasteiger partial charge >= 0.3 is 6.61 Å². The van der Waals surface area contributed by atoms with Gasteiger partial charge in [0.25, 0.3) is 12.9 Å². The lowest BCUT2D eigenvalue weighted by molar-refractivity contribution is -0.0512. The maximum Gasteiger partial charge on any atom is 0.387 e. The van der Waals surface area contributed by atoms with Gasteiger partial charge in [-0.05, 0) is 48.0 Å². The van der Waals surface area contributed by atoms with Gasteiger partial charge in [-0.15, -0.1) is 0 Å². The summed E-state index contributed by atoms with van der Waals surface area (Å²) in [5, 5.41) is 3.58. The zero-order valence-corrected chi connectivity index (χ0v) is 18.9. The fraction of sp³-hybridized carbons (Fsp3) is 0.250. The van der Waals surface area contributed by atoms with Crippen LogP contribution >= 0.6 is 0 Å². The summed E-state index contributed by atoms with van der Waals surface area (Å²) in [4.78, 5) is 12.6. The maximum atomic E-state index is 13.3. The molecule has 0 aliphatic heterocycles. The Morgan fingerprint density at radius 1 is 0.917 bits per heavy atom. The van der Waals surface area contributed by atoms with Crippen molar-refractivity contribution in [2.24, 2.45) is 0 Å². The predicted octanol–water partition coefficient (Wildman–Crippen LogP) is 6.32. The largest absolute Gasteiger partial charge is 0.496 e. The highest BCUT2D eigenvalue weighted by Crippen LogP contribution is 2.30. The third-order valence-electron chi connectivity index (χ3n) is 4.99. The van der Waals surface area contributed by atoms with Crippen LogP contribution in [0.1, 0.15) is 45.7 Å². The van der Waals surface area contributed by atoms with Crippen LogP contribution in [0.3, 0.4) is 0 Å². The zero-order chi connectivity index (χ0) is 26.4. The minimum Gasteiger partial charge on any atom is -0.496 e. The summed E-state index contributed by atoms with van der Waals surface area (Å²) in [5.74, 6) is -0.474. The Balaban J connectivity index is 1.85. The smallest absolute Gasteiger partial charge is 0.387 e. The molecule has 0 N–H and O–H groups in total. The number of hydrogen-bond donors (Lipinski definition) is 0. The van der Waals surface area contributed by atoms with E-state index < -0.39 is 36.6 Å². The molecule has 1 aromatic heterocycles. The zero-order valence-electron chi connectivity index (χ0n) is 18.9. The number of ketones is 1. The first-order chi connectivity index (χ1) is 17.1. The minimum atomic E-state index is -3.06. The number of methoxy groups -OCH3 is 2. The van der Waals surface area contributed by atoms with E-state index in [1.807, 2.05) is 0 Å². The normalized spacial score (nSPS) is 11.6. The van der Waals surface area contributed by atoms with E-state index in [1.165, 1.54) is 56.7 Å². The van der Waals surface area contributed by atoms with Crippen LogP contribution < -0.4 is 14.2 Å². The first-order valence-electron chi connectivity index (χ1n) is 10.3. The van der Waals surface area contributed by atoms with E-state index in [1.54, 1.807) is 6.07 Å². The van der Waals surface area contributed by atoms with Crippen LogP contribution in [-0.2, 0) is 6.54 Å². The second-order valence-electron chi connectivity index (χ2n) is 7.27. The molecule has 0 fully saturated rings. The van der Waals surface area contributed by atoms with Crippen molar-refractivity contribution in [3.8, 4) is 17.2 Å². The average molecular weight is 514 g/mol. The number of allylic oxidation sites excluding steroid dienone is 1. The summed E-state index contributed by atoms with van der Waals surface area (Å²) in [5.41, 5.74) is -0.476. The summed E-state index contributed by atoms with van der Waals surface area (Å²) in [6.45, 7) is -3.35. The van der Waals surface area contributed by atoms with Gasteiger partial charge < -0.3 is 14.2 Å². The number of nitrogens with zero attached hydrogens (tertiary/aromatic N) is 2. The highest BCUT2D eigenvalue weighted by atomic mass is 19.3. The summed E-state index contributed by atoms with van der Waals surface area (Å²) < 4.78 is 92.9. The molecule has 3 rings (SSSR count). The van der Waals surface area contributed by atoms with Crippen LogP contribution in [0.25, 0.3) is 6.08 Å². The Labute approximate surface area is 201 Å². The third kappa shape index (κ3) is 6.37. The second-order valence-corrected chi connectivity index (χ2v) is 7.27. The molecule has 3 aromatic rings. The van der Waals surface area contributed by atoms with Crippen LogP contribution in [0.5, 0.6) is 17.2 Å². The van der Waals surface area contributed by atoms with Crippen molar-refractivity contribution >= 4 is 11.9 Å². The Bertz CT molecular complexity index is 1240. The van der Waals surface area contributed by atoms with Gasteiger partial charge in [0, 0.05) is 11.1 Å². The van der Waals surface area contributed by atoms with Gasteiger partial charge in [0.05, 0.1) is 20.8 Å². The van der Waals surface area contributed by atoms with Crippen LogP contribution in [0.2, 0.25) is 0 Å². The van der Waals surface area contributed by atoms with Crippen LogP contribution in [0, 0.1) is 0 Å². The topological polar surface area (TPSA) is 62.6 Å². The van der Waals surface area contributed by atoms with E-state index in [4.69, 9.17) is 9.47 Å². The number of carbonyl (C=O) groups excluding carboxylic acids is 1. The monoisotopic (exact) mass is 514 g/mol. The van der Waals surface area contributed by atoms with Crippen molar-refractivity contribution < 1.29 is 45.3 Å². The summed E-state index contributed by atoms with van der Waals surface area (Å²) in [6.07, 6.45) is -3.39. The first kappa shape index (κ1) is 26.6. The highest BCUT2D eigenvalue weighted by molar-refractivity contribution is 6.07. The molecule has 2 aromatic carbocycles. The summed E-state index contributed by atoms with van der Waals surface area (Å²) in [7, 11) is 2.59. The number of hydrogen-bond acceptors (Lipinski definition) is 5. The predicted molar refractivity (Wildman–Crippen MR) is 117 cm³/mol. The van der Waals surface area contributed by atoms with Gasteiger partial charge in [-0.3, -0.25) is 9.48 Å². The molecule has 0 unspecified atom stereocenters. The molecule has 192 valence electrons. The van der Waals surface area contributed by atoms with Gasteiger partial charge in [0.2, 0.25) is 0 Å². The molecule has 0 amide bonds. The second kappa shape index (κ2) is 11.6. The molecule has 0 atom stereocenters. The van der Waals surface area contributed by atoms with E-state index in [2.05, 4.69) is 9.84 Å². The van der Waals surface area contributed by atoms with Gasteiger partial charge in [0.15, 0.2) is 17.3 Å². The molecule has 0 saturated carbocycles. The average Bonchev–Trinajstić information content (AvgIpc) is 3.27. The lowest BCUT2D eigenvalue weighted by atomic mass is 10.1. The Kier molecular flexibility index (Phi) is 8.62. The van der Waals surface area contributed by atoms with Crippen molar-refractivity contribution in [1.82, 2.24) is 9.78 Å². The standard InChI is InChI=1S/C24H20F6N2O4/c1-34-19-7-4-13(9-15(19)12-32-17(23(27)28)11-16(31-32)22(25)26)3-6-18(33)14-5-8-20(36-24(29)30)21(10-14)35-2/h3-11,22-24H,12H2,1-2H3/b6-3+. The van der Waals surface area contributed by atoms with Crippen molar-refractivity contribution in [2.45, 2.75) is 26.0 Å². The molecule has 0 radical (unpaired) electrons. The quantitative estimate of drug-likeness (QED) is 0.170. The molecule has 36 heavy (non-hydrogen) atoms. The van der Waals surface area contributed by atoms with Crippen molar-refractivity contribution in [2.75, 3.05) is 14.2 Å². The molecule has 6 nitrogen and oxygen atoms in total. The maximum absolute atomic E-state index is 13.3. The highest BCUT2D eigenvalue weighted by Gasteiger charge is 2.22. The van der Waals surface area contributed by atoms with Crippen LogP contribution in [-0.4, -0.2) is 36.4 Å². The summed E-state index contributed by atoms with van der Waals surface area (Å²) >= 11 is 0. The fourth-order valence-corrected chi connectivity index (χ4v) is 3.33. The van der Waals surface area contributed by atoms with E-state index in [0.717, 1.165) is 4.68 Å². The number of halogens is 6. The van der Waals surface area contributed by atoms with E-state index in [-0.39, 0.29) is 23.6 Å². The van der Waals surface area contributed by atoms with Gasteiger partial charge in [0.1, 0.15) is 17.1 Å². The van der Waals surface area contributed by atoms with Crippen molar-refractivity contribution in [1.29, 1.82) is 0 Å². The Morgan fingerprint density at radius 3 is 2.22 bits per heavy atom.